The number of nitrogens with two attached hydrogens (primary N) is 1. The molecule has 1 heterocycles. The second-order valence-electron chi connectivity index (χ2n) is 5.83. The van der Waals surface area contributed by atoms with Crippen molar-refractivity contribution in [1.82, 2.24) is 4.90 Å². The van der Waals surface area contributed by atoms with Gasteiger partial charge >= 0.3 is 0 Å². The number of hydrogen-bond donors (Lipinski definition) is 1. The van der Waals surface area contributed by atoms with Gasteiger partial charge in [0.1, 0.15) is 12.4 Å². The Morgan fingerprint density at radius 3 is 2.81 bits per heavy atom. The normalized spacial score (nSPS) is 21.6. The van der Waals surface area contributed by atoms with Crippen molar-refractivity contribution in [2.75, 3.05) is 40.0 Å². The van der Waals surface area contributed by atoms with Crippen molar-refractivity contribution in [2.45, 2.75) is 13.3 Å². The number of ether oxygens (including phenoxy) is 2. The van der Waals surface area contributed by atoms with Crippen molar-refractivity contribution in [1.29, 1.82) is 0 Å². The fourth-order valence-corrected chi connectivity index (χ4v) is 2.54. The molecule has 1 saturated heterocycles. The first-order valence-corrected chi connectivity index (χ1v) is 7.30. The SMILES string of the molecule is COCCOc1ccccc1C(=O)N1CCC(C)(CN)C1. The average Bonchev–Trinajstić information content (AvgIpc) is 2.91. The third kappa shape index (κ3) is 3.74. The third-order valence-corrected chi connectivity index (χ3v) is 4.00. The Labute approximate surface area is 126 Å². The average molecular weight is 292 g/mol. The number of rotatable bonds is 6. The zero-order chi connectivity index (χ0) is 15.3. The van der Waals surface area contributed by atoms with E-state index in [-0.39, 0.29) is 11.3 Å². The van der Waals surface area contributed by atoms with E-state index in [1.54, 1.807) is 7.11 Å². The van der Waals surface area contributed by atoms with Crippen molar-refractivity contribution in [3.63, 3.8) is 0 Å². The molecule has 0 saturated carbocycles. The van der Waals surface area contributed by atoms with Gasteiger partial charge < -0.3 is 20.1 Å². The van der Waals surface area contributed by atoms with E-state index in [2.05, 4.69) is 6.92 Å². The van der Waals surface area contributed by atoms with Gasteiger partial charge in [-0.05, 0) is 30.5 Å². The molecule has 1 aliphatic heterocycles. The Kier molecular flexibility index (Phi) is 5.20. The molecule has 21 heavy (non-hydrogen) atoms. The maximum Gasteiger partial charge on any atom is 0.257 e. The highest BCUT2D eigenvalue weighted by molar-refractivity contribution is 5.97. The van der Waals surface area contributed by atoms with Crippen LogP contribution in [0.15, 0.2) is 24.3 Å². The molecule has 1 aromatic rings. The van der Waals surface area contributed by atoms with E-state index in [1.165, 1.54) is 0 Å². The van der Waals surface area contributed by atoms with Crippen LogP contribution in [0, 0.1) is 5.41 Å². The van der Waals surface area contributed by atoms with Gasteiger partial charge in [0.15, 0.2) is 0 Å². The summed E-state index contributed by atoms with van der Waals surface area (Å²) < 4.78 is 10.6. The molecular weight excluding hydrogens is 268 g/mol. The van der Waals surface area contributed by atoms with Gasteiger partial charge in [0.25, 0.3) is 5.91 Å². The number of methoxy groups -OCH3 is 1. The zero-order valence-corrected chi connectivity index (χ0v) is 12.8. The molecule has 1 unspecified atom stereocenters. The summed E-state index contributed by atoms with van der Waals surface area (Å²) in [5.41, 5.74) is 6.44. The van der Waals surface area contributed by atoms with Gasteiger partial charge in [-0.1, -0.05) is 19.1 Å². The molecule has 0 aromatic heterocycles. The predicted octanol–water partition coefficient (Wildman–Crippen LogP) is 1.52. The van der Waals surface area contributed by atoms with Crippen LogP contribution in [0.2, 0.25) is 0 Å². The van der Waals surface area contributed by atoms with E-state index in [1.807, 2.05) is 29.2 Å². The van der Waals surface area contributed by atoms with Gasteiger partial charge in [-0.3, -0.25) is 4.79 Å². The van der Waals surface area contributed by atoms with Crippen molar-refractivity contribution >= 4 is 5.91 Å². The lowest BCUT2D eigenvalue weighted by molar-refractivity contribution is 0.0769. The summed E-state index contributed by atoms with van der Waals surface area (Å²) in [7, 11) is 1.62. The molecule has 0 aliphatic carbocycles. The third-order valence-electron chi connectivity index (χ3n) is 4.00. The Morgan fingerprint density at radius 2 is 2.14 bits per heavy atom. The van der Waals surface area contributed by atoms with E-state index in [0.717, 1.165) is 13.0 Å². The first-order chi connectivity index (χ1) is 10.1. The number of hydrogen-bond acceptors (Lipinski definition) is 4. The number of para-hydroxylation sites is 1. The topological polar surface area (TPSA) is 64.8 Å². The minimum absolute atomic E-state index is 0.0141. The standard InChI is InChI=1S/C16H24N2O3/c1-16(11-17)7-8-18(12-16)15(19)13-5-3-4-6-14(13)21-10-9-20-2/h3-6H,7-12,17H2,1-2H3. The van der Waals surface area contributed by atoms with Crippen LogP contribution in [0.4, 0.5) is 0 Å². The molecule has 0 bridgehead atoms. The summed E-state index contributed by atoms with van der Waals surface area (Å²) in [5, 5.41) is 0. The van der Waals surface area contributed by atoms with Crippen LogP contribution in [0.5, 0.6) is 5.75 Å². The summed E-state index contributed by atoms with van der Waals surface area (Å²) in [6, 6.07) is 7.35. The van der Waals surface area contributed by atoms with Crippen molar-refractivity contribution < 1.29 is 14.3 Å². The Balaban J connectivity index is 2.09. The number of benzene rings is 1. The van der Waals surface area contributed by atoms with E-state index >= 15 is 0 Å². The van der Waals surface area contributed by atoms with Gasteiger partial charge in [-0.15, -0.1) is 0 Å². The second-order valence-corrected chi connectivity index (χ2v) is 5.83. The van der Waals surface area contributed by atoms with Crippen LogP contribution in [-0.4, -0.2) is 50.8 Å². The van der Waals surface area contributed by atoms with Crippen LogP contribution < -0.4 is 10.5 Å². The number of amides is 1. The van der Waals surface area contributed by atoms with Crippen molar-refractivity contribution in [3.8, 4) is 5.75 Å². The molecule has 5 heteroatoms. The Bertz CT molecular complexity index is 492. The molecule has 0 spiro atoms. The highest BCUT2D eigenvalue weighted by Gasteiger charge is 2.35. The molecule has 116 valence electrons. The van der Waals surface area contributed by atoms with Crippen LogP contribution in [0.1, 0.15) is 23.7 Å². The van der Waals surface area contributed by atoms with Gasteiger partial charge in [-0.2, -0.15) is 0 Å². The summed E-state index contributed by atoms with van der Waals surface area (Å²) in [6.45, 7) is 5.11. The molecular formula is C16H24N2O3. The summed E-state index contributed by atoms with van der Waals surface area (Å²) in [6.07, 6.45) is 0.946. The molecule has 2 rings (SSSR count). The summed E-state index contributed by atoms with van der Waals surface area (Å²) in [4.78, 5) is 14.5. The highest BCUT2D eigenvalue weighted by Crippen LogP contribution is 2.31. The van der Waals surface area contributed by atoms with Crippen LogP contribution in [-0.2, 0) is 4.74 Å². The summed E-state index contributed by atoms with van der Waals surface area (Å²) >= 11 is 0. The number of nitrogens with zero attached hydrogens (tertiary/aromatic N) is 1. The zero-order valence-electron chi connectivity index (χ0n) is 12.8. The Hall–Kier alpha value is -1.59. The number of carbonyl (C=O) groups is 1. The number of likely N-dealkylation sites (tertiary alicyclic amines) is 1. The molecule has 1 amide bonds. The monoisotopic (exact) mass is 292 g/mol. The maximum absolute atomic E-state index is 12.7. The molecule has 1 aliphatic rings. The molecule has 1 fully saturated rings. The molecule has 5 nitrogen and oxygen atoms in total. The largest absolute Gasteiger partial charge is 0.490 e. The van der Waals surface area contributed by atoms with Crippen molar-refractivity contribution in [3.05, 3.63) is 29.8 Å². The Morgan fingerprint density at radius 1 is 1.38 bits per heavy atom. The lowest BCUT2D eigenvalue weighted by Gasteiger charge is -2.23. The van der Waals surface area contributed by atoms with E-state index < -0.39 is 0 Å². The molecule has 2 N–H and O–H groups in total. The maximum atomic E-state index is 12.7. The quantitative estimate of drug-likeness (QED) is 0.807. The minimum Gasteiger partial charge on any atom is -0.490 e. The van der Waals surface area contributed by atoms with Crippen molar-refractivity contribution in [2.24, 2.45) is 11.1 Å². The molecule has 1 atom stereocenters. The lowest BCUT2D eigenvalue weighted by Crippen LogP contribution is -2.34. The van der Waals surface area contributed by atoms with Crippen LogP contribution in [0.25, 0.3) is 0 Å². The van der Waals surface area contributed by atoms with Gasteiger partial charge in [-0.25, -0.2) is 0 Å². The molecule has 0 radical (unpaired) electrons. The van der Waals surface area contributed by atoms with Gasteiger partial charge in [0.2, 0.25) is 0 Å². The van der Waals surface area contributed by atoms with E-state index in [4.69, 9.17) is 15.2 Å². The van der Waals surface area contributed by atoms with E-state index in [0.29, 0.717) is 37.6 Å². The van der Waals surface area contributed by atoms with Gasteiger partial charge in [0.05, 0.1) is 12.2 Å². The minimum atomic E-state index is 0.0141. The second kappa shape index (κ2) is 6.91. The van der Waals surface area contributed by atoms with Crippen LogP contribution in [0.3, 0.4) is 0 Å². The predicted molar refractivity (Wildman–Crippen MR) is 81.5 cm³/mol. The first kappa shape index (κ1) is 15.8. The summed E-state index contributed by atoms with van der Waals surface area (Å²) in [5.74, 6) is 0.626. The highest BCUT2D eigenvalue weighted by atomic mass is 16.5. The molecule has 1 aromatic carbocycles. The smallest absolute Gasteiger partial charge is 0.257 e. The van der Waals surface area contributed by atoms with Gasteiger partial charge in [0, 0.05) is 20.2 Å². The lowest BCUT2D eigenvalue weighted by atomic mass is 9.90. The number of carbonyl (C=O) groups excluding carboxylic acids is 1. The van der Waals surface area contributed by atoms with E-state index in [9.17, 15) is 4.79 Å². The van der Waals surface area contributed by atoms with Crippen LogP contribution >= 0.6 is 0 Å². The fourth-order valence-electron chi connectivity index (χ4n) is 2.54. The fraction of sp³-hybridized carbons (Fsp3) is 0.562. The first-order valence-electron chi connectivity index (χ1n) is 7.30.